The maximum Gasteiger partial charge on any atom is 0.117 e. The lowest BCUT2D eigenvalue weighted by Gasteiger charge is -2.17. The second-order valence-corrected chi connectivity index (χ2v) is 6.01. The molecule has 0 saturated heterocycles. The largest absolute Gasteiger partial charge is 0.464 e. The number of aliphatic hydroxyl groups excluding tert-OH is 1. The Morgan fingerprint density at radius 1 is 1.44 bits per heavy atom. The van der Waals surface area contributed by atoms with Crippen molar-refractivity contribution in [2.24, 2.45) is 11.8 Å². The maximum atomic E-state index is 9.30. The van der Waals surface area contributed by atoms with E-state index in [1.54, 1.807) is 0 Å². The Balaban J connectivity index is 1.80. The maximum absolute atomic E-state index is 9.30. The molecule has 0 spiro atoms. The molecule has 1 heterocycles. The summed E-state index contributed by atoms with van der Waals surface area (Å²) < 4.78 is 5.83. The van der Waals surface area contributed by atoms with Gasteiger partial charge in [0.15, 0.2) is 0 Å². The molecule has 18 heavy (non-hydrogen) atoms. The van der Waals surface area contributed by atoms with E-state index in [0.717, 1.165) is 23.9 Å². The zero-order valence-corrected chi connectivity index (χ0v) is 11.6. The number of hydrogen-bond donors (Lipinski definition) is 2. The third-order valence-electron chi connectivity index (χ3n) is 3.70. The molecule has 1 aromatic heterocycles. The summed E-state index contributed by atoms with van der Waals surface area (Å²) in [5.74, 6) is 4.12. The van der Waals surface area contributed by atoms with Gasteiger partial charge in [-0.25, -0.2) is 0 Å². The number of hydrogen-bond acceptors (Lipinski definition) is 3. The zero-order valence-electron chi connectivity index (χ0n) is 11.6. The molecule has 2 rings (SSSR count). The van der Waals surface area contributed by atoms with E-state index in [-0.39, 0.29) is 12.6 Å². The van der Waals surface area contributed by atoms with Crippen molar-refractivity contribution in [1.82, 2.24) is 5.32 Å². The molecule has 0 aliphatic heterocycles. The second-order valence-electron chi connectivity index (χ2n) is 6.01. The molecule has 0 bridgehead atoms. The van der Waals surface area contributed by atoms with Crippen LogP contribution < -0.4 is 5.32 Å². The standard InChI is InChI=1S/C15H25NO2/c1-10(2)6-12(9-17)16-8-13-4-5-15(18-13)14-7-11(14)3/h4-5,10-12,14,16-17H,6-9H2,1-3H3. The van der Waals surface area contributed by atoms with Gasteiger partial charge >= 0.3 is 0 Å². The molecule has 102 valence electrons. The number of rotatable bonds is 7. The normalized spacial score (nSPS) is 24.5. The van der Waals surface area contributed by atoms with Crippen LogP contribution in [0.5, 0.6) is 0 Å². The van der Waals surface area contributed by atoms with Gasteiger partial charge in [0.05, 0.1) is 13.2 Å². The van der Waals surface area contributed by atoms with Crippen molar-refractivity contribution in [3.05, 3.63) is 23.7 Å². The van der Waals surface area contributed by atoms with Gasteiger partial charge in [0.2, 0.25) is 0 Å². The summed E-state index contributed by atoms with van der Waals surface area (Å²) in [5.41, 5.74) is 0. The molecule has 3 nitrogen and oxygen atoms in total. The molecule has 0 radical (unpaired) electrons. The molecule has 3 heteroatoms. The van der Waals surface area contributed by atoms with Crippen molar-refractivity contribution < 1.29 is 9.52 Å². The highest BCUT2D eigenvalue weighted by Gasteiger charge is 2.36. The van der Waals surface area contributed by atoms with Crippen LogP contribution >= 0.6 is 0 Å². The average molecular weight is 251 g/mol. The van der Waals surface area contributed by atoms with E-state index in [9.17, 15) is 5.11 Å². The van der Waals surface area contributed by atoms with E-state index in [2.05, 4.69) is 38.2 Å². The molecule has 3 atom stereocenters. The van der Waals surface area contributed by atoms with Crippen molar-refractivity contribution in [2.45, 2.75) is 52.1 Å². The first-order valence-corrected chi connectivity index (χ1v) is 7.03. The van der Waals surface area contributed by atoms with Crippen molar-refractivity contribution in [1.29, 1.82) is 0 Å². The van der Waals surface area contributed by atoms with Crippen LogP contribution in [0.1, 0.15) is 51.1 Å². The highest BCUT2D eigenvalue weighted by atomic mass is 16.3. The first-order chi connectivity index (χ1) is 8.60. The summed E-state index contributed by atoms with van der Waals surface area (Å²) in [6, 6.07) is 4.32. The van der Waals surface area contributed by atoms with E-state index in [0.29, 0.717) is 18.4 Å². The topological polar surface area (TPSA) is 45.4 Å². The predicted octanol–water partition coefficient (Wildman–Crippen LogP) is 2.90. The van der Waals surface area contributed by atoms with Crippen LogP contribution in [0.25, 0.3) is 0 Å². The molecule has 1 aliphatic rings. The summed E-state index contributed by atoms with van der Waals surface area (Å²) in [4.78, 5) is 0. The number of furan rings is 1. The lowest BCUT2D eigenvalue weighted by atomic mass is 10.0. The molecular weight excluding hydrogens is 226 g/mol. The minimum atomic E-state index is 0.165. The third-order valence-corrected chi connectivity index (χ3v) is 3.70. The van der Waals surface area contributed by atoms with Gasteiger partial charge in [-0.15, -0.1) is 0 Å². The van der Waals surface area contributed by atoms with Crippen LogP contribution in [0, 0.1) is 11.8 Å². The minimum absolute atomic E-state index is 0.165. The summed E-state index contributed by atoms with van der Waals surface area (Å²) in [6.45, 7) is 7.49. The van der Waals surface area contributed by atoms with Gasteiger partial charge < -0.3 is 14.8 Å². The average Bonchev–Trinajstić information content (AvgIpc) is 2.89. The Morgan fingerprint density at radius 2 is 2.17 bits per heavy atom. The predicted molar refractivity (Wildman–Crippen MR) is 72.4 cm³/mol. The molecule has 1 saturated carbocycles. The molecule has 0 amide bonds. The highest BCUT2D eigenvalue weighted by molar-refractivity contribution is 5.17. The Kier molecular flexibility index (Phi) is 4.46. The second kappa shape index (κ2) is 5.89. The zero-order chi connectivity index (χ0) is 13.1. The van der Waals surface area contributed by atoms with Gasteiger partial charge in [-0.05, 0) is 36.8 Å². The molecule has 3 unspecified atom stereocenters. The molecule has 1 aliphatic carbocycles. The van der Waals surface area contributed by atoms with E-state index in [1.165, 1.54) is 6.42 Å². The molecule has 2 N–H and O–H groups in total. The molecule has 0 aromatic carbocycles. The van der Waals surface area contributed by atoms with E-state index in [4.69, 9.17) is 4.42 Å². The summed E-state index contributed by atoms with van der Waals surface area (Å²) in [7, 11) is 0. The van der Waals surface area contributed by atoms with Crippen LogP contribution in [-0.4, -0.2) is 17.8 Å². The highest BCUT2D eigenvalue weighted by Crippen LogP contribution is 2.47. The quantitative estimate of drug-likeness (QED) is 0.783. The Hall–Kier alpha value is -0.800. The Morgan fingerprint density at radius 3 is 2.72 bits per heavy atom. The molecule has 1 aromatic rings. The van der Waals surface area contributed by atoms with Crippen molar-refractivity contribution >= 4 is 0 Å². The first kappa shape index (κ1) is 13.6. The Bertz CT molecular complexity index is 372. The minimum Gasteiger partial charge on any atom is -0.464 e. The van der Waals surface area contributed by atoms with Gasteiger partial charge in [0.25, 0.3) is 0 Å². The van der Waals surface area contributed by atoms with Crippen LogP contribution in [0.15, 0.2) is 16.5 Å². The van der Waals surface area contributed by atoms with Crippen LogP contribution in [-0.2, 0) is 6.54 Å². The molecule has 1 fully saturated rings. The van der Waals surface area contributed by atoms with Crippen LogP contribution in [0.2, 0.25) is 0 Å². The summed E-state index contributed by atoms with van der Waals surface area (Å²) in [6.07, 6.45) is 2.25. The van der Waals surface area contributed by atoms with Gasteiger partial charge in [-0.3, -0.25) is 0 Å². The fourth-order valence-electron chi connectivity index (χ4n) is 2.44. The first-order valence-electron chi connectivity index (χ1n) is 7.03. The fourth-order valence-corrected chi connectivity index (χ4v) is 2.44. The number of nitrogens with one attached hydrogen (secondary N) is 1. The SMILES string of the molecule is CC(C)CC(CO)NCc1ccc(C2CC2C)o1. The van der Waals surface area contributed by atoms with Gasteiger partial charge in [0, 0.05) is 12.0 Å². The lowest BCUT2D eigenvalue weighted by Crippen LogP contribution is -2.33. The smallest absolute Gasteiger partial charge is 0.117 e. The summed E-state index contributed by atoms with van der Waals surface area (Å²) in [5, 5.41) is 12.7. The van der Waals surface area contributed by atoms with Gasteiger partial charge in [-0.2, -0.15) is 0 Å². The summed E-state index contributed by atoms with van der Waals surface area (Å²) >= 11 is 0. The van der Waals surface area contributed by atoms with Crippen molar-refractivity contribution in [2.75, 3.05) is 6.61 Å². The van der Waals surface area contributed by atoms with Crippen molar-refractivity contribution in [3.63, 3.8) is 0 Å². The van der Waals surface area contributed by atoms with Crippen LogP contribution in [0.4, 0.5) is 0 Å². The van der Waals surface area contributed by atoms with Gasteiger partial charge in [0.1, 0.15) is 11.5 Å². The van der Waals surface area contributed by atoms with E-state index >= 15 is 0 Å². The van der Waals surface area contributed by atoms with Crippen molar-refractivity contribution in [3.8, 4) is 0 Å². The fraction of sp³-hybridized carbons (Fsp3) is 0.733. The van der Waals surface area contributed by atoms with E-state index in [1.807, 2.05) is 0 Å². The molecular formula is C15H25NO2. The van der Waals surface area contributed by atoms with E-state index < -0.39 is 0 Å². The monoisotopic (exact) mass is 251 g/mol. The third kappa shape index (κ3) is 3.59. The lowest BCUT2D eigenvalue weighted by molar-refractivity contribution is 0.220. The van der Waals surface area contributed by atoms with Gasteiger partial charge in [-0.1, -0.05) is 20.8 Å². The Labute approximate surface area is 110 Å². The number of aliphatic hydroxyl groups is 1. The van der Waals surface area contributed by atoms with Crippen LogP contribution in [0.3, 0.4) is 0 Å².